The molecule has 0 saturated carbocycles. The van der Waals surface area contributed by atoms with Crippen LogP contribution in [-0.4, -0.2) is 42.3 Å². The van der Waals surface area contributed by atoms with Crippen molar-refractivity contribution < 1.29 is 14.4 Å². The molecule has 0 atom stereocenters. The van der Waals surface area contributed by atoms with Crippen LogP contribution in [0.25, 0.3) is 10.8 Å². The molecule has 0 aliphatic carbocycles. The topological polar surface area (TPSA) is 78.5 Å². The largest absolute Gasteiger partial charge is 0.383 e. The lowest BCUT2D eigenvalue weighted by Gasteiger charge is -2.29. The van der Waals surface area contributed by atoms with Gasteiger partial charge in [-0.15, -0.1) is 0 Å². The van der Waals surface area contributed by atoms with E-state index < -0.39 is 0 Å². The summed E-state index contributed by atoms with van der Waals surface area (Å²) in [7, 11) is 0. The Morgan fingerprint density at radius 2 is 1.74 bits per heavy atom. The second-order valence-electron chi connectivity index (χ2n) is 8.85. The highest BCUT2D eigenvalue weighted by molar-refractivity contribution is 6.27. The van der Waals surface area contributed by atoms with E-state index in [4.69, 9.17) is 0 Å². The van der Waals surface area contributed by atoms with E-state index in [0.717, 1.165) is 41.3 Å². The summed E-state index contributed by atoms with van der Waals surface area (Å²) in [5, 5.41) is 7.71. The van der Waals surface area contributed by atoms with Crippen LogP contribution in [0.2, 0.25) is 0 Å². The summed E-state index contributed by atoms with van der Waals surface area (Å²) in [6.07, 6.45) is 9.91. The van der Waals surface area contributed by atoms with Crippen LogP contribution in [0.3, 0.4) is 0 Å². The molecule has 6 nitrogen and oxygen atoms in total. The first-order chi connectivity index (χ1) is 16.5. The van der Waals surface area contributed by atoms with Gasteiger partial charge in [-0.2, -0.15) is 0 Å². The van der Waals surface area contributed by atoms with Crippen LogP contribution < -0.4 is 10.6 Å². The molecule has 6 heteroatoms. The first-order valence-electron chi connectivity index (χ1n) is 12.6. The Balaban J connectivity index is 1.80. The van der Waals surface area contributed by atoms with Crippen LogP contribution in [0, 0.1) is 0 Å². The van der Waals surface area contributed by atoms with Crippen LogP contribution in [0.15, 0.2) is 36.9 Å². The lowest BCUT2D eigenvalue weighted by molar-refractivity contribution is -0.116. The van der Waals surface area contributed by atoms with Gasteiger partial charge in [0.25, 0.3) is 11.8 Å². The van der Waals surface area contributed by atoms with Crippen molar-refractivity contribution in [1.29, 1.82) is 0 Å². The highest BCUT2D eigenvalue weighted by atomic mass is 16.2. The zero-order valence-electron chi connectivity index (χ0n) is 20.5. The zero-order chi connectivity index (χ0) is 24.5. The average molecular weight is 464 g/mol. The number of carbonyl (C=O) groups is 3. The van der Waals surface area contributed by atoms with Gasteiger partial charge in [-0.25, -0.2) is 0 Å². The fourth-order valence-electron chi connectivity index (χ4n) is 4.64. The molecule has 34 heavy (non-hydrogen) atoms. The van der Waals surface area contributed by atoms with E-state index in [2.05, 4.69) is 24.1 Å². The molecule has 1 heterocycles. The standard InChI is InChI=1S/C28H37N3O3/c1-4-7-8-9-10-11-12-18-31-27(33)22-15-13-14-21-23(29-16-17-30-24(32)6-3)19-20(5-2)25(26(21)22)28(31)34/h6,13-15,19,29H,3-5,7-12,16-18H2,1-2H3,(H,30,32). The van der Waals surface area contributed by atoms with Crippen molar-refractivity contribution in [2.45, 2.75) is 65.2 Å². The number of unbranched alkanes of at least 4 members (excludes halogenated alkanes) is 6. The van der Waals surface area contributed by atoms with Gasteiger partial charge in [-0.3, -0.25) is 19.3 Å². The molecule has 0 radical (unpaired) electrons. The number of hydrogen-bond donors (Lipinski definition) is 2. The highest BCUT2D eigenvalue weighted by Crippen LogP contribution is 2.37. The van der Waals surface area contributed by atoms with E-state index >= 15 is 0 Å². The van der Waals surface area contributed by atoms with Gasteiger partial charge in [0, 0.05) is 41.7 Å². The molecule has 0 aromatic heterocycles. The van der Waals surface area contributed by atoms with Gasteiger partial charge >= 0.3 is 0 Å². The van der Waals surface area contributed by atoms with Crippen molar-refractivity contribution in [2.75, 3.05) is 25.0 Å². The minimum absolute atomic E-state index is 0.179. The molecule has 2 aromatic carbocycles. The number of rotatable bonds is 14. The summed E-state index contributed by atoms with van der Waals surface area (Å²) in [4.78, 5) is 39.7. The van der Waals surface area contributed by atoms with Gasteiger partial charge in [-0.1, -0.05) is 71.1 Å². The summed E-state index contributed by atoms with van der Waals surface area (Å²) < 4.78 is 0. The lowest BCUT2D eigenvalue weighted by Crippen LogP contribution is -2.41. The Hall–Kier alpha value is -3.15. The molecule has 0 unspecified atom stereocenters. The van der Waals surface area contributed by atoms with Crippen molar-refractivity contribution in [3.05, 3.63) is 53.6 Å². The molecule has 1 aliphatic rings. The number of hydrogen-bond acceptors (Lipinski definition) is 4. The Labute approximate surface area is 202 Å². The fraction of sp³-hybridized carbons (Fsp3) is 0.464. The van der Waals surface area contributed by atoms with Gasteiger partial charge in [0.05, 0.1) is 5.56 Å². The maximum absolute atomic E-state index is 13.5. The Morgan fingerprint density at radius 1 is 1.00 bits per heavy atom. The Morgan fingerprint density at radius 3 is 2.44 bits per heavy atom. The number of benzene rings is 2. The van der Waals surface area contributed by atoms with Crippen LogP contribution in [0.4, 0.5) is 5.69 Å². The van der Waals surface area contributed by atoms with Crippen molar-refractivity contribution in [3.63, 3.8) is 0 Å². The van der Waals surface area contributed by atoms with Gasteiger partial charge in [0.15, 0.2) is 0 Å². The van der Waals surface area contributed by atoms with Gasteiger partial charge in [0.1, 0.15) is 0 Å². The molecular formula is C28H37N3O3. The molecule has 182 valence electrons. The van der Waals surface area contributed by atoms with Crippen LogP contribution in [0.1, 0.15) is 85.1 Å². The number of anilines is 1. The SMILES string of the molecule is C=CC(=O)NCCNc1cc(CC)c2c3c(cccc13)C(=O)N(CCCCCCCCC)C2=O. The zero-order valence-corrected chi connectivity index (χ0v) is 20.5. The third-order valence-electron chi connectivity index (χ3n) is 6.47. The number of nitrogens with one attached hydrogen (secondary N) is 2. The van der Waals surface area contributed by atoms with Crippen LogP contribution in [-0.2, 0) is 11.2 Å². The molecular weight excluding hydrogens is 426 g/mol. The number of carbonyl (C=O) groups excluding carboxylic acids is 3. The summed E-state index contributed by atoms with van der Waals surface area (Å²) in [6.45, 7) is 9.12. The van der Waals surface area contributed by atoms with Gasteiger partial charge < -0.3 is 10.6 Å². The first-order valence-corrected chi connectivity index (χ1v) is 12.6. The molecule has 0 spiro atoms. The number of amides is 3. The van der Waals surface area contributed by atoms with Crippen molar-refractivity contribution in [1.82, 2.24) is 10.2 Å². The summed E-state index contributed by atoms with van der Waals surface area (Å²) in [5.74, 6) is -0.599. The third-order valence-corrected chi connectivity index (χ3v) is 6.47. The second kappa shape index (κ2) is 12.4. The number of imide groups is 1. The monoisotopic (exact) mass is 463 g/mol. The second-order valence-corrected chi connectivity index (χ2v) is 8.85. The summed E-state index contributed by atoms with van der Waals surface area (Å²) in [5.41, 5.74) is 3.04. The molecule has 0 fully saturated rings. The van der Waals surface area contributed by atoms with E-state index in [1.54, 1.807) is 0 Å². The highest BCUT2D eigenvalue weighted by Gasteiger charge is 2.34. The van der Waals surface area contributed by atoms with E-state index in [1.165, 1.54) is 36.7 Å². The molecule has 3 rings (SSSR count). The van der Waals surface area contributed by atoms with E-state index in [0.29, 0.717) is 37.2 Å². The maximum atomic E-state index is 13.5. The molecule has 3 amide bonds. The van der Waals surface area contributed by atoms with Crippen molar-refractivity contribution in [2.24, 2.45) is 0 Å². The molecule has 2 aromatic rings. The average Bonchev–Trinajstić information content (AvgIpc) is 2.85. The quantitative estimate of drug-likeness (QED) is 0.221. The van der Waals surface area contributed by atoms with E-state index in [-0.39, 0.29) is 17.7 Å². The minimum Gasteiger partial charge on any atom is -0.383 e. The van der Waals surface area contributed by atoms with Gasteiger partial charge in [-0.05, 0) is 36.6 Å². The summed E-state index contributed by atoms with van der Waals surface area (Å²) >= 11 is 0. The van der Waals surface area contributed by atoms with Crippen molar-refractivity contribution >= 4 is 34.2 Å². The normalized spacial score (nSPS) is 12.8. The Bertz CT molecular complexity index is 1060. The third kappa shape index (κ3) is 5.66. The molecule has 2 N–H and O–H groups in total. The first kappa shape index (κ1) is 25.5. The van der Waals surface area contributed by atoms with Crippen molar-refractivity contribution in [3.8, 4) is 0 Å². The van der Waals surface area contributed by atoms with E-state index in [1.807, 2.05) is 31.2 Å². The number of nitrogens with zero attached hydrogens (tertiary/aromatic N) is 1. The predicted octanol–water partition coefficient (Wildman–Crippen LogP) is 5.46. The predicted molar refractivity (Wildman–Crippen MR) is 138 cm³/mol. The van der Waals surface area contributed by atoms with Crippen LogP contribution in [0.5, 0.6) is 0 Å². The van der Waals surface area contributed by atoms with Gasteiger partial charge in [0.2, 0.25) is 5.91 Å². The molecule has 0 bridgehead atoms. The Kier molecular flexibility index (Phi) is 9.25. The minimum atomic E-state index is -0.217. The summed E-state index contributed by atoms with van der Waals surface area (Å²) in [6, 6.07) is 7.65. The maximum Gasteiger partial charge on any atom is 0.261 e. The molecule has 1 aliphatic heterocycles. The lowest BCUT2D eigenvalue weighted by atomic mass is 9.88. The smallest absolute Gasteiger partial charge is 0.261 e. The number of aryl methyl sites for hydroxylation is 1. The van der Waals surface area contributed by atoms with E-state index in [9.17, 15) is 14.4 Å². The van der Waals surface area contributed by atoms with Crippen LogP contribution >= 0.6 is 0 Å². The molecule has 0 saturated heterocycles. The fourth-order valence-corrected chi connectivity index (χ4v) is 4.64.